The molecule has 2 aromatic carbocycles. The van der Waals surface area contributed by atoms with Gasteiger partial charge in [0, 0.05) is 37.4 Å². The standard InChI is InChI=1S/C22H23ClN4O2S/c1-26(2)22-24-15-19(16-8-6-9-17(23)14-16)21(25-22)20-12-7-13-27(20)30(28,29)18-10-4-3-5-11-18/h3-6,8-11,14-15,20H,7,12-13H2,1-2H3. The van der Waals surface area contributed by atoms with Crippen LogP contribution in [0.4, 0.5) is 5.95 Å². The van der Waals surface area contributed by atoms with Crippen LogP contribution in [0, 0.1) is 0 Å². The molecular formula is C22H23ClN4O2S. The first-order valence-electron chi connectivity index (χ1n) is 9.75. The fourth-order valence-electron chi connectivity index (χ4n) is 3.76. The van der Waals surface area contributed by atoms with Crippen LogP contribution >= 0.6 is 11.6 Å². The molecule has 1 saturated heterocycles. The largest absolute Gasteiger partial charge is 0.347 e. The molecule has 0 N–H and O–H groups in total. The van der Waals surface area contributed by atoms with Gasteiger partial charge in [-0.3, -0.25) is 0 Å². The number of anilines is 1. The average Bonchev–Trinajstić information content (AvgIpc) is 3.24. The van der Waals surface area contributed by atoms with Crippen LogP contribution in [-0.4, -0.2) is 43.3 Å². The zero-order chi connectivity index (χ0) is 21.3. The Labute approximate surface area is 182 Å². The van der Waals surface area contributed by atoms with Gasteiger partial charge in [0.05, 0.1) is 16.6 Å². The third-order valence-electron chi connectivity index (χ3n) is 5.21. The van der Waals surface area contributed by atoms with Crippen LogP contribution in [0.1, 0.15) is 24.6 Å². The van der Waals surface area contributed by atoms with Crippen molar-refractivity contribution in [3.05, 3.63) is 71.5 Å². The monoisotopic (exact) mass is 442 g/mol. The van der Waals surface area contributed by atoms with Crippen molar-refractivity contribution in [2.75, 3.05) is 25.5 Å². The minimum Gasteiger partial charge on any atom is -0.347 e. The Morgan fingerprint density at radius 2 is 1.87 bits per heavy atom. The Morgan fingerprint density at radius 3 is 2.57 bits per heavy atom. The van der Waals surface area contributed by atoms with Crippen molar-refractivity contribution in [3.8, 4) is 11.1 Å². The van der Waals surface area contributed by atoms with Crippen molar-refractivity contribution in [2.24, 2.45) is 0 Å². The molecule has 1 fully saturated rings. The lowest BCUT2D eigenvalue weighted by Crippen LogP contribution is -2.31. The SMILES string of the molecule is CN(C)c1ncc(-c2cccc(Cl)c2)c(C2CCCN2S(=O)(=O)c2ccccc2)n1. The molecule has 0 aliphatic carbocycles. The lowest BCUT2D eigenvalue weighted by Gasteiger charge is -2.26. The van der Waals surface area contributed by atoms with E-state index in [9.17, 15) is 8.42 Å². The summed E-state index contributed by atoms with van der Waals surface area (Å²) in [6.45, 7) is 0.457. The molecule has 1 atom stereocenters. The lowest BCUT2D eigenvalue weighted by atomic mass is 10.0. The van der Waals surface area contributed by atoms with Crippen LogP contribution in [0.25, 0.3) is 11.1 Å². The van der Waals surface area contributed by atoms with Crippen LogP contribution in [0.15, 0.2) is 65.7 Å². The summed E-state index contributed by atoms with van der Waals surface area (Å²) in [5.74, 6) is 0.541. The van der Waals surface area contributed by atoms with E-state index in [0.717, 1.165) is 17.5 Å². The molecule has 1 aromatic heterocycles. The van der Waals surface area contributed by atoms with Gasteiger partial charge in [-0.05, 0) is 42.7 Å². The number of rotatable bonds is 5. The molecule has 4 rings (SSSR count). The van der Waals surface area contributed by atoms with E-state index in [1.54, 1.807) is 34.8 Å². The topological polar surface area (TPSA) is 66.4 Å². The number of aromatic nitrogens is 2. The molecule has 0 radical (unpaired) electrons. The molecule has 1 aliphatic heterocycles. The average molecular weight is 443 g/mol. The van der Waals surface area contributed by atoms with Gasteiger partial charge >= 0.3 is 0 Å². The Bertz CT molecular complexity index is 1150. The zero-order valence-electron chi connectivity index (χ0n) is 16.9. The molecule has 3 aromatic rings. The Morgan fingerprint density at radius 1 is 1.10 bits per heavy atom. The third-order valence-corrected chi connectivity index (χ3v) is 7.37. The first kappa shape index (κ1) is 20.8. The van der Waals surface area contributed by atoms with E-state index in [2.05, 4.69) is 4.98 Å². The molecule has 8 heteroatoms. The number of halogens is 1. The summed E-state index contributed by atoms with van der Waals surface area (Å²) in [5.41, 5.74) is 2.36. The van der Waals surface area contributed by atoms with E-state index in [-0.39, 0.29) is 6.04 Å². The van der Waals surface area contributed by atoms with Gasteiger partial charge in [0.2, 0.25) is 16.0 Å². The van der Waals surface area contributed by atoms with Crippen molar-refractivity contribution < 1.29 is 8.42 Å². The van der Waals surface area contributed by atoms with Gasteiger partial charge in [0.25, 0.3) is 0 Å². The molecule has 30 heavy (non-hydrogen) atoms. The van der Waals surface area contributed by atoms with Crippen molar-refractivity contribution in [2.45, 2.75) is 23.8 Å². The van der Waals surface area contributed by atoms with Gasteiger partial charge in [-0.1, -0.05) is 41.9 Å². The van der Waals surface area contributed by atoms with Crippen molar-refractivity contribution in [1.29, 1.82) is 0 Å². The van der Waals surface area contributed by atoms with Gasteiger partial charge in [-0.25, -0.2) is 18.4 Å². The summed E-state index contributed by atoms with van der Waals surface area (Å²) in [4.78, 5) is 11.4. The number of hydrogen-bond acceptors (Lipinski definition) is 5. The Kier molecular flexibility index (Phi) is 5.77. The smallest absolute Gasteiger partial charge is 0.243 e. The number of benzene rings is 2. The van der Waals surface area contributed by atoms with E-state index in [1.165, 1.54) is 0 Å². The molecule has 0 bridgehead atoms. The highest BCUT2D eigenvalue weighted by molar-refractivity contribution is 7.89. The van der Waals surface area contributed by atoms with E-state index < -0.39 is 10.0 Å². The fraction of sp³-hybridized carbons (Fsp3) is 0.273. The van der Waals surface area contributed by atoms with Gasteiger partial charge < -0.3 is 4.90 Å². The molecule has 1 aliphatic rings. The lowest BCUT2D eigenvalue weighted by molar-refractivity contribution is 0.391. The summed E-state index contributed by atoms with van der Waals surface area (Å²) in [6.07, 6.45) is 3.23. The van der Waals surface area contributed by atoms with Crippen molar-refractivity contribution >= 4 is 27.6 Å². The highest BCUT2D eigenvalue weighted by Gasteiger charge is 2.38. The highest BCUT2D eigenvalue weighted by Crippen LogP contribution is 2.40. The predicted octanol–water partition coefficient (Wildman–Crippen LogP) is 4.39. The molecule has 0 amide bonds. The van der Waals surface area contributed by atoms with E-state index in [1.807, 2.05) is 49.3 Å². The molecule has 156 valence electrons. The van der Waals surface area contributed by atoms with Crippen LogP contribution in [0.2, 0.25) is 5.02 Å². The zero-order valence-corrected chi connectivity index (χ0v) is 18.4. The minimum atomic E-state index is -3.64. The van der Waals surface area contributed by atoms with E-state index in [4.69, 9.17) is 16.6 Å². The maximum Gasteiger partial charge on any atom is 0.243 e. The number of hydrogen-bond donors (Lipinski definition) is 0. The van der Waals surface area contributed by atoms with Gasteiger partial charge in [-0.2, -0.15) is 4.31 Å². The molecule has 0 spiro atoms. The van der Waals surface area contributed by atoms with Gasteiger partial charge in [-0.15, -0.1) is 0 Å². The first-order chi connectivity index (χ1) is 14.4. The first-order valence-corrected chi connectivity index (χ1v) is 11.6. The van der Waals surface area contributed by atoms with Gasteiger partial charge in [0.15, 0.2) is 0 Å². The van der Waals surface area contributed by atoms with Crippen molar-refractivity contribution in [1.82, 2.24) is 14.3 Å². The minimum absolute atomic E-state index is 0.295. The summed E-state index contributed by atoms with van der Waals surface area (Å²) in [5, 5.41) is 0.607. The Hall–Kier alpha value is -2.48. The number of nitrogens with zero attached hydrogens (tertiary/aromatic N) is 4. The molecule has 6 nitrogen and oxygen atoms in total. The molecule has 0 saturated carbocycles. The molecular weight excluding hydrogens is 420 g/mol. The quantitative estimate of drug-likeness (QED) is 0.586. The Balaban J connectivity index is 1.84. The van der Waals surface area contributed by atoms with Crippen LogP contribution in [0.5, 0.6) is 0 Å². The highest BCUT2D eigenvalue weighted by atomic mass is 35.5. The summed E-state index contributed by atoms with van der Waals surface area (Å²) in [7, 11) is 0.0898. The summed E-state index contributed by atoms with van der Waals surface area (Å²) in [6, 6.07) is 15.7. The second kappa shape index (κ2) is 8.34. The normalized spacial score (nSPS) is 17.2. The predicted molar refractivity (Wildman–Crippen MR) is 119 cm³/mol. The van der Waals surface area contributed by atoms with E-state index >= 15 is 0 Å². The number of sulfonamides is 1. The molecule has 1 unspecified atom stereocenters. The van der Waals surface area contributed by atoms with Crippen LogP contribution in [-0.2, 0) is 10.0 Å². The maximum absolute atomic E-state index is 13.4. The summed E-state index contributed by atoms with van der Waals surface area (Å²) < 4.78 is 28.3. The molecule has 2 heterocycles. The maximum atomic E-state index is 13.4. The fourth-order valence-corrected chi connectivity index (χ4v) is 5.63. The summed E-state index contributed by atoms with van der Waals surface area (Å²) >= 11 is 6.21. The van der Waals surface area contributed by atoms with Crippen LogP contribution in [0.3, 0.4) is 0 Å². The second-order valence-electron chi connectivity index (χ2n) is 7.46. The van der Waals surface area contributed by atoms with E-state index in [0.29, 0.717) is 34.5 Å². The van der Waals surface area contributed by atoms with Gasteiger partial charge in [0.1, 0.15) is 0 Å². The van der Waals surface area contributed by atoms with Crippen molar-refractivity contribution in [3.63, 3.8) is 0 Å². The second-order valence-corrected chi connectivity index (χ2v) is 9.79. The van der Waals surface area contributed by atoms with Crippen LogP contribution < -0.4 is 4.90 Å². The third kappa shape index (κ3) is 3.93.